The topological polar surface area (TPSA) is 137 Å². The van der Waals surface area contributed by atoms with E-state index in [0.29, 0.717) is 12.4 Å². The Morgan fingerprint density at radius 3 is 2.56 bits per heavy atom. The Kier molecular flexibility index (Phi) is 6.92. The van der Waals surface area contributed by atoms with Crippen LogP contribution < -0.4 is 23.8 Å². The molecule has 4 rings (SSSR count). The number of carbonyl (C=O) groups excluding carboxylic acids is 1. The Balaban J connectivity index is 1.69. The number of amides is 1. The summed E-state index contributed by atoms with van der Waals surface area (Å²) in [6.07, 6.45) is 0. The SMILES string of the molecule is COc1ccc([N+](=O)[O-])cc1NC(=O)CN(c1cccc(F)c1)S(=O)(=O)c1ccc2c(c1)OCCO2. The van der Waals surface area contributed by atoms with Crippen molar-refractivity contribution in [3.8, 4) is 17.2 Å². The minimum Gasteiger partial charge on any atom is -0.495 e. The molecule has 36 heavy (non-hydrogen) atoms. The Morgan fingerprint density at radius 2 is 1.86 bits per heavy atom. The van der Waals surface area contributed by atoms with Gasteiger partial charge in [0.1, 0.15) is 31.3 Å². The summed E-state index contributed by atoms with van der Waals surface area (Å²) in [6, 6.07) is 12.3. The van der Waals surface area contributed by atoms with Crippen molar-refractivity contribution in [2.75, 3.05) is 36.5 Å². The number of benzene rings is 3. The van der Waals surface area contributed by atoms with Crippen molar-refractivity contribution in [1.29, 1.82) is 0 Å². The van der Waals surface area contributed by atoms with Crippen LogP contribution in [0.4, 0.5) is 21.5 Å². The number of methoxy groups -OCH3 is 1. The summed E-state index contributed by atoms with van der Waals surface area (Å²) >= 11 is 0. The molecule has 0 spiro atoms. The lowest BCUT2D eigenvalue weighted by atomic mass is 10.2. The molecule has 3 aromatic rings. The van der Waals surface area contributed by atoms with Gasteiger partial charge in [-0.1, -0.05) is 6.07 Å². The lowest BCUT2D eigenvalue weighted by Gasteiger charge is -2.25. The molecule has 0 saturated carbocycles. The molecule has 13 heteroatoms. The number of hydrogen-bond acceptors (Lipinski definition) is 8. The van der Waals surface area contributed by atoms with Gasteiger partial charge in [0.05, 0.1) is 28.3 Å². The van der Waals surface area contributed by atoms with E-state index in [9.17, 15) is 27.7 Å². The third-order valence-corrected chi connectivity index (χ3v) is 6.92. The molecule has 0 aliphatic carbocycles. The minimum absolute atomic E-state index is 0.0346. The van der Waals surface area contributed by atoms with Crippen molar-refractivity contribution >= 4 is 33.0 Å². The van der Waals surface area contributed by atoms with Gasteiger partial charge < -0.3 is 19.5 Å². The predicted octanol–water partition coefficient (Wildman–Crippen LogP) is 3.35. The van der Waals surface area contributed by atoms with Crippen LogP contribution in [0.1, 0.15) is 0 Å². The molecule has 3 aromatic carbocycles. The lowest BCUT2D eigenvalue weighted by Crippen LogP contribution is -2.38. The van der Waals surface area contributed by atoms with Crippen LogP contribution in [0.15, 0.2) is 65.6 Å². The largest absolute Gasteiger partial charge is 0.495 e. The van der Waals surface area contributed by atoms with E-state index in [1.165, 1.54) is 49.6 Å². The number of anilines is 2. The number of non-ortho nitro benzene ring substituents is 1. The Morgan fingerprint density at radius 1 is 1.11 bits per heavy atom. The lowest BCUT2D eigenvalue weighted by molar-refractivity contribution is -0.384. The summed E-state index contributed by atoms with van der Waals surface area (Å²) in [5.74, 6) is -0.851. The first-order chi connectivity index (χ1) is 17.2. The number of nitrogens with one attached hydrogen (secondary N) is 1. The molecule has 188 valence electrons. The second-order valence-corrected chi connectivity index (χ2v) is 9.35. The maximum Gasteiger partial charge on any atom is 0.271 e. The number of halogens is 1. The Bertz CT molecular complexity index is 1430. The number of carbonyl (C=O) groups is 1. The number of rotatable bonds is 8. The maximum absolute atomic E-state index is 14.0. The van der Waals surface area contributed by atoms with Crippen LogP contribution in [0.25, 0.3) is 0 Å². The van der Waals surface area contributed by atoms with Crippen LogP contribution in [0, 0.1) is 15.9 Å². The van der Waals surface area contributed by atoms with Crippen molar-refractivity contribution in [2.24, 2.45) is 0 Å². The second kappa shape index (κ2) is 10.1. The van der Waals surface area contributed by atoms with Gasteiger partial charge in [0, 0.05) is 18.2 Å². The first-order valence-corrected chi connectivity index (χ1v) is 11.9. The number of nitro benzene ring substituents is 1. The normalized spacial score (nSPS) is 12.5. The van der Waals surface area contributed by atoms with Crippen molar-refractivity contribution in [3.63, 3.8) is 0 Å². The summed E-state index contributed by atoms with van der Waals surface area (Å²) < 4.78 is 57.9. The molecule has 0 saturated heterocycles. The fourth-order valence-electron chi connectivity index (χ4n) is 3.49. The minimum atomic E-state index is -4.40. The van der Waals surface area contributed by atoms with Gasteiger partial charge in [0.15, 0.2) is 11.5 Å². The van der Waals surface area contributed by atoms with E-state index >= 15 is 0 Å². The van der Waals surface area contributed by atoms with E-state index in [1.807, 2.05) is 0 Å². The van der Waals surface area contributed by atoms with Crippen LogP contribution in [-0.2, 0) is 14.8 Å². The van der Waals surface area contributed by atoms with Crippen LogP contribution >= 0.6 is 0 Å². The number of nitrogens with zero attached hydrogens (tertiary/aromatic N) is 2. The monoisotopic (exact) mass is 517 g/mol. The number of hydrogen-bond donors (Lipinski definition) is 1. The van der Waals surface area contributed by atoms with E-state index in [0.717, 1.165) is 22.5 Å². The zero-order valence-electron chi connectivity index (χ0n) is 18.8. The van der Waals surface area contributed by atoms with E-state index in [2.05, 4.69) is 5.32 Å². The van der Waals surface area contributed by atoms with Crippen LogP contribution in [0.3, 0.4) is 0 Å². The molecule has 0 atom stereocenters. The average Bonchev–Trinajstić information content (AvgIpc) is 2.86. The third kappa shape index (κ3) is 5.15. The zero-order valence-corrected chi connectivity index (χ0v) is 19.7. The molecular formula is C23H20FN3O8S. The number of sulfonamides is 1. The molecule has 0 fully saturated rings. The van der Waals surface area contributed by atoms with Crippen LogP contribution in [0.5, 0.6) is 17.2 Å². The van der Waals surface area contributed by atoms with E-state index in [4.69, 9.17) is 14.2 Å². The van der Waals surface area contributed by atoms with Gasteiger partial charge in [-0.25, -0.2) is 12.8 Å². The van der Waals surface area contributed by atoms with E-state index in [-0.39, 0.29) is 40.1 Å². The highest BCUT2D eigenvalue weighted by Crippen LogP contribution is 2.34. The van der Waals surface area contributed by atoms with E-state index < -0.39 is 33.2 Å². The molecular weight excluding hydrogens is 497 g/mol. The second-order valence-electron chi connectivity index (χ2n) is 7.49. The number of ether oxygens (including phenoxy) is 3. The molecule has 0 radical (unpaired) electrons. The van der Waals surface area contributed by atoms with Gasteiger partial charge in [-0.2, -0.15) is 0 Å². The smallest absolute Gasteiger partial charge is 0.271 e. The molecule has 11 nitrogen and oxygen atoms in total. The predicted molar refractivity (Wildman–Crippen MR) is 127 cm³/mol. The van der Waals surface area contributed by atoms with Gasteiger partial charge in [0.2, 0.25) is 5.91 Å². The van der Waals surface area contributed by atoms with E-state index in [1.54, 1.807) is 0 Å². The molecule has 0 bridgehead atoms. The van der Waals surface area contributed by atoms with Gasteiger partial charge in [-0.3, -0.25) is 19.2 Å². The van der Waals surface area contributed by atoms with Gasteiger partial charge in [0.25, 0.3) is 15.7 Å². The first-order valence-electron chi connectivity index (χ1n) is 10.5. The average molecular weight is 517 g/mol. The highest BCUT2D eigenvalue weighted by Gasteiger charge is 2.29. The highest BCUT2D eigenvalue weighted by atomic mass is 32.2. The summed E-state index contributed by atoms with van der Waals surface area (Å²) in [7, 11) is -3.09. The molecule has 0 aromatic heterocycles. The molecule has 1 amide bonds. The summed E-state index contributed by atoms with van der Waals surface area (Å²) in [6.45, 7) is -0.223. The van der Waals surface area contributed by atoms with Crippen molar-refractivity contribution in [2.45, 2.75) is 4.90 Å². The van der Waals surface area contributed by atoms with Crippen LogP contribution in [0.2, 0.25) is 0 Å². The molecule has 1 N–H and O–H groups in total. The van der Waals surface area contributed by atoms with Gasteiger partial charge in [-0.05, 0) is 36.4 Å². The number of fused-ring (bicyclic) bond motifs is 1. The molecule has 0 unspecified atom stereocenters. The van der Waals surface area contributed by atoms with Crippen molar-refractivity contribution in [1.82, 2.24) is 0 Å². The summed E-state index contributed by atoms with van der Waals surface area (Å²) in [4.78, 5) is 23.2. The summed E-state index contributed by atoms with van der Waals surface area (Å²) in [5, 5.41) is 13.6. The van der Waals surface area contributed by atoms with Crippen LogP contribution in [-0.4, -0.2) is 46.1 Å². The van der Waals surface area contributed by atoms with Gasteiger partial charge >= 0.3 is 0 Å². The quantitative estimate of drug-likeness (QED) is 0.355. The zero-order chi connectivity index (χ0) is 25.9. The Hall–Kier alpha value is -4.39. The van der Waals surface area contributed by atoms with Gasteiger partial charge in [-0.15, -0.1) is 0 Å². The fraction of sp³-hybridized carbons (Fsp3) is 0.174. The molecule has 1 heterocycles. The fourth-order valence-corrected chi connectivity index (χ4v) is 4.91. The number of nitro groups is 1. The van der Waals surface area contributed by atoms with Crippen molar-refractivity contribution in [3.05, 3.63) is 76.6 Å². The Labute approximate surface area is 205 Å². The first kappa shape index (κ1) is 24.7. The maximum atomic E-state index is 14.0. The molecule has 1 aliphatic rings. The highest BCUT2D eigenvalue weighted by molar-refractivity contribution is 7.92. The van der Waals surface area contributed by atoms with Crippen molar-refractivity contribution < 1.29 is 36.7 Å². The standard InChI is InChI=1S/C23H20FN3O8S/c1-33-20-7-5-17(27(29)30)12-19(20)25-23(28)14-26(16-4-2-3-15(24)11-16)36(31,32)18-6-8-21-22(13-18)35-10-9-34-21/h2-8,11-13H,9-10,14H2,1H3,(H,25,28). The molecule has 1 aliphatic heterocycles. The third-order valence-electron chi connectivity index (χ3n) is 5.15. The summed E-state index contributed by atoms with van der Waals surface area (Å²) in [5.41, 5.74) is -0.448.